The third-order valence-corrected chi connectivity index (χ3v) is 6.81. The molecule has 183 valence electrons. The summed E-state index contributed by atoms with van der Waals surface area (Å²) in [6.07, 6.45) is 24.0. The van der Waals surface area contributed by atoms with Crippen molar-refractivity contribution < 1.29 is 9.59 Å². The molecule has 1 aromatic rings. The van der Waals surface area contributed by atoms with E-state index in [1.165, 1.54) is 94.4 Å². The highest BCUT2D eigenvalue weighted by atomic mass is 35.5. The Bertz CT molecular complexity index is 762. The Labute approximate surface area is 205 Å². The fourth-order valence-corrected chi connectivity index (χ4v) is 4.56. The Balaban J connectivity index is 1.51. The molecule has 1 aliphatic heterocycles. The number of unbranched alkanes of at least 4 members (excludes halogenated alkanes) is 14. The number of amides is 2. The molecular weight excluding hydrogens is 432 g/mol. The van der Waals surface area contributed by atoms with E-state index in [9.17, 15) is 9.59 Å². The highest BCUT2D eigenvalue weighted by molar-refractivity contribution is 6.33. The van der Waals surface area contributed by atoms with Gasteiger partial charge in [-0.15, -0.1) is 0 Å². The van der Waals surface area contributed by atoms with Crippen molar-refractivity contribution in [3.8, 4) is 0 Å². The number of benzene rings is 1. The topological polar surface area (TPSA) is 61.2 Å². The van der Waals surface area contributed by atoms with Crippen molar-refractivity contribution in [2.45, 2.75) is 110 Å². The number of rotatable bonds is 17. The van der Waals surface area contributed by atoms with Crippen molar-refractivity contribution in [2.75, 3.05) is 4.90 Å². The fraction of sp³-hybridized carbons (Fsp3) is 0.643. The van der Waals surface area contributed by atoms with Crippen molar-refractivity contribution >= 4 is 34.8 Å². The van der Waals surface area contributed by atoms with Gasteiger partial charge in [-0.1, -0.05) is 114 Å². The molecule has 0 aliphatic carbocycles. The predicted molar refractivity (Wildman–Crippen MR) is 139 cm³/mol. The van der Waals surface area contributed by atoms with E-state index in [1.807, 2.05) is 6.08 Å². The molecule has 4 nitrogen and oxygen atoms in total. The van der Waals surface area contributed by atoms with Gasteiger partial charge in [-0.25, -0.2) is 4.90 Å². The van der Waals surface area contributed by atoms with Gasteiger partial charge in [0.2, 0.25) is 11.8 Å². The van der Waals surface area contributed by atoms with E-state index >= 15 is 0 Å². The molecular formula is C28H42ClN2O2. The van der Waals surface area contributed by atoms with Crippen LogP contribution in [0.2, 0.25) is 5.02 Å². The summed E-state index contributed by atoms with van der Waals surface area (Å²) in [5.74, 6) is -0.819. The van der Waals surface area contributed by atoms with Crippen LogP contribution >= 0.6 is 11.6 Å². The van der Waals surface area contributed by atoms with E-state index in [0.29, 0.717) is 10.7 Å². The predicted octanol–water partition coefficient (Wildman–Crippen LogP) is 8.56. The van der Waals surface area contributed by atoms with Gasteiger partial charge in [0.15, 0.2) is 0 Å². The van der Waals surface area contributed by atoms with Crippen LogP contribution in [0.15, 0.2) is 30.4 Å². The second kappa shape index (κ2) is 15.9. The van der Waals surface area contributed by atoms with E-state index in [1.54, 1.807) is 12.1 Å². The SMILES string of the molecule is CCCCCCCCCCCCCCCC/C=C/C1CC(=O)N(c2ccc(Cl)c([NH])c2)C1=O. The van der Waals surface area contributed by atoms with Gasteiger partial charge < -0.3 is 0 Å². The normalized spacial score (nSPS) is 16.4. The quantitative estimate of drug-likeness (QED) is 0.129. The van der Waals surface area contributed by atoms with Crippen LogP contribution in [0, 0.1) is 5.92 Å². The zero-order chi connectivity index (χ0) is 23.9. The van der Waals surface area contributed by atoms with Gasteiger partial charge in [0.1, 0.15) is 0 Å². The maximum absolute atomic E-state index is 12.7. The van der Waals surface area contributed by atoms with Gasteiger partial charge in [0.05, 0.1) is 22.3 Å². The summed E-state index contributed by atoms with van der Waals surface area (Å²) in [6, 6.07) is 4.65. The van der Waals surface area contributed by atoms with E-state index in [0.717, 1.165) is 12.8 Å². The van der Waals surface area contributed by atoms with Crippen molar-refractivity contribution in [3.63, 3.8) is 0 Å². The van der Waals surface area contributed by atoms with Crippen LogP contribution < -0.4 is 10.6 Å². The summed E-state index contributed by atoms with van der Waals surface area (Å²) in [7, 11) is 0. The zero-order valence-electron chi connectivity index (χ0n) is 20.4. The maximum Gasteiger partial charge on any atom is 0.241 e. The molecule has 1 radical (unpaired) electrons. The summed E-state index contributed by atoms with van der Waals surface area (Å²) in [6.45, 7) is 2.27. The van der Waals surface area contributed by atoms with Crippen LogP contribution in [-0.2, 0) is 9.59 Å². The molecule has 5 heteroatoms. The molecule has 2 rings (SSSR count). The molecule has 1 atom stereocenters. The average Bonchev–Trinajstić information content (AvgIpc) is 3.08. The lowest BCUT2D eigenvalue weighted by Crippen LogP contribution is -2.30. The van der Waals surface area contributed by atoms with E-state index < -0.39 is 5.92 Å². The van der Waals surface area contributed by atoms with Crippen LogP contribution in [0.3, 0.4) is 0 Å². The van der Waals surface area contributed by atoms with Crippen molar-refractivity contribution in [2.24, 2.45) is 5.92 Å². The Hall–Kier alpha value is -1.81. The monoisotopic (exact) mass is 473 g/mol. The molecule has 0 aromatic heterocycles. The highest BCUT2D eigenvalue weighted by Crippen LogP contribution is 2.31. The minimum absolute atomic E-state index is 0.117. The molecule has 1 heterocycles. The van der Waals surface area contributed by atoms with E-state index in [2.05, 4.69) is 13.0 Å². The first-order valence-electron chi connectivity index (χ1n) is 13.1. The highest BCUT2D eigenvalue weighted by Gasteiger charge is 2.38. The van der Waals surface area contributed by atoms with Crippen LogP contribution in [0.5, 0.6) is 0 Å². The molecule has 1 N–H and O–H groups in total. The minimum atomic E-state index is -0.394. The molecule has 1 saturated heterocycles. The second-order valence-corrected chi connectivity index (χ2v) is 9.76. The minimum Gasteiger partial charge on any atom is -0.299 e. The standard InChI is InChI=1S/C28H42ClN2O2/c1-2-3-4-5-6-7-8-9-10-11-12-13-14-15-16-17-18-23-21-27(32)31(28(23)33)24-19-20-25(29)26(30)22-24/h17-20,22-23,30H,2-16,21H2,1H3/b18-17+. The fourth-order valence-electron chi connectivity index (χ4n) is 4.45. The summed E-state index contributed by atoms with van der Waals surface area (Å²) in [4.78, 5) is 26.2. The molecule has 2 amide bonds. The Kier molecular flexibility index (Phi) is 13.2. The van der Waals surface area contributed by atoms with Gasteiger partial charge >= 0.3 is 0 Å². The maximum atomic E-state index is 12.7. The summed E-state index contributed by atoms with van der Waals surface area (Å²) in [5.41, 5.74) is 8.34. The number of hydrogen-bond acceptors (Lipinski definition) is 2. The van der Waals surface area contributed by atoms with Gasteiger partial charge in [0.25, 0.3) is 0 Å². The molecule has 1 aliphatic rings. The number of hydrogen-bond donors (Lipinski definition) is 0. The average molecular weight is 474 g/mol. The lowest BCUT2D eigenvalue weighted by molar-refractivity contribution is -0.121. The molecule has 0 bridgehead atoms. The number of nitrogens with one attached hydrogen (secondary N) is 1. The van der Waals surface area contributed by atoms with E-state index in [4.69, 9.17) is 17.3 Å². The van der Waals surface area contributed by atoms with Gasteiger partial charge in [-0.3, -0.25) is 15.3 Å². The first-order valence-corrected chi connectivity index (χ1v) is 13.5. The second-order valence-electron chi connectivity index (χ2n) is 9.36. The number of carbonyl (C=O) groups is 2. The summed E-state index contributed by atoms with van der Waals surface area (Å²) >= 11 is 5.88. The van der Waals surface area contributed by atoms with Gasteiger partial charge in [0, 0.05) is 6.42 Å². The Morgan fingerprint density at radius 1 is 0.909 bits per heavy atom. The molecule has 1 fully saturated rings. The Morgan fingerprint density at radius 2 is 1.45 bits per heavy atom. The van der Waals surface area contributed by atoms with Crippen molar-refractivity contribution in [1.29, 1.82) is 0 Å². The number of halogens is 1. The smallest absolute Gasteiger partial charge is 0.241 e. The third kappa shape index (κ3) is 9.92. The number of anilines is 1. The molecule has 1 unspecified atom stereocenters. The number of nitrogens with zero attached hydrogens (tertiary/aromatic N) is 1. The third-order valence-electron chi connectivity index (χ3n) is 6.48. The first-order chi connectivity index (χ1) is 16.0. The van der Waals surface area contributed by atoms with Crippen LogP contribution in [0.4, 0.5) is 11.4 Å². The first kappa shape index (κ1) is 27.4. The van der Waals surface area contributed by atoms with Crippen LogP contribution in [0.25, 0.3) is 0 Å². The number of allylic oxidation sites excluding steroid dienone is 1. The molecule has 33 heavy (non-hydrogen) atoms. The lowest BCUT2D eigenvalue weighted by Gasteiger charge is -2.15. The van der Waals surface area contributed by atoms with Crippen LogP contribution in [-0.4, -0.2) is 11.8 Å². The number of carbonyl (C=O) groups excluding carboxylic acids is 2. The summed E-state index contributed by atoms with van der Waals surface area (Å²) in [5, 5.41) is 0.308. The van der Waals surface area contributed by atoms with Crippen molar-refractivity contribution in [3.05, 3.63) is 35.4 Å². The largest absolute Gasteiger partial charge is 0.299 e. The van der Waals surface area contributed by atoms with Crippen LogP contribution in [0.1, 0.15) is 110 Å². The molecule has 1 aromatic carbocycles. The molecule has 0 spiro atoms. The number of imide groups is 1. The lowest BCUT2D eigenvalue weighted by atomic mass is 10.0. The van der Waals surface area contributed by atoms with Gasteiger partial charge in [-0.2, -0.15) is 0 Å². The van der Waals surface area contributed by atoms with E-state index in [-0.39, 0.29) is 23.9 Å². The van der Waals surface area contributed by atoms with Gasteiger partial charge in [-0.05, 0) is 31.0 Å². The van der Waals surface area contributed by atoms with Crippen molar-refractivity contribution in [1.82, 2.24) is 5.73 Å². The molecule has 0 saturated carbocycles. The zero-order valence-corrected chi connectivity index (χ0v) is 21.2. The Morgan fingerprint density at radius 3 is 2.00 bits per heavy atom. The summed E-state index contributed by atoms with van der Waals surface area (Å²) < 4.78 is 0.